The molecule has 1 saturated carbocycles. The highest BCUT2D eigenvalue weighted by Gasteiger charge is 2.41. The fraction of sp³-hybridized carbons (Fsp3) is 0.417. The first-order chi connectivity index (χ1) is 7.81. The largest absolute Gasteiger partial charge is 0.394 e. The third-order valence-electron chi connectivity index (χ3n) is 3.11. The van der Waals surface area contributed by atoms with E-state index in [1.54, 1.807) is 11.3 Å². The van der Waals surface area contributed by atoms with E-state index in [1.165, 1.54) is 4.70 Å². The van der Waals surface area contributed by atoms with E-state index in [4.69, 9.17) is 0 Å². The van der Waals surface area contributed by atoms with Crippen molar-refractivity contribution in [1.29, 1.82) is 0 Å². The number of benzene rings is 1. The number of hydrogen-bond donors (Lipinski definition) is 2. The first kappa shape index (κ1) is 10.2. The van der Waals surface area contributed by atoms with Gasteiger partial charge >= 0.3 is 0 Å². The van der Waals surface area contributed by atoms with Crippen LogP contribution in [0.4, 0.5) is 0 Å². The number of hydrogen-bond acceptors (Lipinski definition) is 4. The van der Waals surface area contributed by atoms with Gasteiger partial charge in [-0.2, -0.15) is 0 Å². The molecule has 0 atom stereocenters. The topological polar surface area (TPSA) is 45.1 Å². The van der Waals surface area contributed by atoms with Crippen LogP contribution in [0.5, 0.6) is 0 Å². The summed E-state index contributed by atoms with van der Waals surface area (Å²) < 4.78 is 1.23. The van der Waals surface area contributed by atoms with Crippen LogP contribution in [0.15, 0.2) is 24.3 Å². The fourth-order valence-electron chi connectivity index (χ4n) is 1.80. The van der Waals surface area contributed by atoms with Gasteiger partial charge < -0.3 is 10.4 Å². The minimum Gasteiger partial charge on any atom is -0.394 e. The van der Waals surface area contributed by atoms with Crippen molar-refractivity contribution in [3.05, 3.63) is 29.3 Å². The molecule has 1 aliphatic rings. The lowest BCUT2D eigenvalue weighted by Gasteiger charge is -2.12. The SMILES string of the molecule is OCC1(NCc2nc3ccccc3s2)CC1. The van der Waals surface area contributed by atoms with Gasteiger partial charge in [-0.15, -0.1) is 11.3 Å². The molecule has 3 rings (SSSR count). The quantitative estimate of drug-likeness (QED) is 0.849. The van der Waals surface area contributed by atoms with Crippen LogP contribution in [0.2, 0.25) is 0 Å². The standard InChI is InChI=1S/C12H14N2OS/c15-8-12(5-6-12)13-7-11-14-9-3-1-2-4-10(9)16-11/h1-4,13,15H,5-8H2. The molecule has 0 radical (unpaired) electrons. The average Bonchev–Trinajstić information content (AvgIpc) is 2.98. The predicted octanol–water partition coefficient (Wildman–Crippen LogP) is 1.91. The summed E-state index contributed by atoms with van der Waals surface area (Å²) >= 11 is 1.72. The highest BCUT2D eigenvalue weighted by molar-refractivity contribution is 7.18. The van der Waals surface area contributed by atoms with Crippen LogP contribution in [0.1, 0.15) is 17.8 Å². The number of para-hydroxylation sites is 1. The summed E-state index contributed by atoms with van der Waals surface area (Å²) in [4.78, 5) is 4.55. The first-order valence-corrected chi connectivity index (χ1v) is 6.33. The molecule has 2 aromatic rings. The summed E-state index contributed by atoms with van der Waals surface area (Å²) in [6.45, 7) is 0.998. The Morgan fingerprint density at radius 2 is 2.19 bits per heavy atom. The van der Waals surface area contributed by atoms with Crippen LogP contribution in [-0.2, 0) is 6.54 Å². The molecule has 1 heterocycles. The van der Waals surface area contributed by atoms with Crippen LogP contribution in [0, 0.1) is 0 Å². The maximum Gasteiger partial charge on any atom is 0.108 e. The second-order valence-electron chi connectivity index (χ2n) is 4.37. The number of aliphatic hydroxyl groups is 1. The molecule has 4 heteroatoms. The highest BCUT2D eigenvalue weighted by atomic mass is 32.1. The smallest absolute Gasteiger partial charge is 0.108 e. The second-order valence-corrected chi connectivity index (χ2v) is 5.48. The summed E-state index contributed by atoms with van der Waals surface area (Å²) in [5.74, 6) is 0. The average molecular weight is 234 g/mol. The molecular formula is C12H14N2OS. The number of rotatable bonds is 4. The van der Waals surface area contributed by atoms with Crippen LogP contribution in [-0.4, -0.2) is 22.2 Å². The van der Waals surface area contributed by atoms with Gasteiger partial charge in [0.05, 0.1) is 16.8 Å². The Balaban J connectivity index is 1.74. The molecule has 1 fully saturated rings. The molecule has 1 aromatic carbocycles. The number of fused-ring (bicyclic) bond motifs is 1. The lowest BCUT2D eigenvalue weighted by atomic mass is 10.3. The normalized spacial score (nSPS) is 17.8. The van der Waals surface area contributed by atoms with Gasteiger partial charge in [0, 0.05) is 12.1 Å². The van der Waals surface area contributed by atoms with Crippen molar-refractivity contribution in [2.75, 3.05) is 6.61 Å². The maximum absolute atomic E-state index is 9.19. The Bertz CT molecular complexity index is 471. The third-order valence-corrected chi connectivity index (χ3v) is 4.15. The number of aliphatic hydroxyl groups excluding tert-OH is 1. The molecule has 16 heavy (non-hydrogen) atoms. The summed E-state index contributed by atoms with van der Waals surface area (Å²) in [6, 6.07) is 8.17. The van der Waals surface area contributed by atoms with E-state index in [0.717, 1.165) is 29.9 Å². The van der Waals surface area contributed by atoms with E-state index >= 15 is 0 Å². The Kier molecular flexibility index (Phi) is 2.42. The summed E-state index contributed by atoms with van der Waals surface area (Å²) in [6.07, 6.45) is 2.16. The van der Waals surface area contributed by atoms with Crippen LogP contribution in [0.3, 0.4) is 0 Å². The van der Waals surface area contributed by atoms with Crippen LogP contribution >= 0.6 is 11.3 Å². The van der Waals surface area contributed by atoms with Gasteiger partial charge in [-0.1, -0.05) is 12.1 Å². The van der Waals surface area contributed by atoms with Gasteiger partial charge in [0.2, 0.25) is 0 Å². The molecule has 3 nitrogen and oxygen atoms in total. The van der Waals surface area contributed by atoms with E-state index in [9.17, 15) is 5.11 Å². The fourth-order valence-corrected chi connectivity index (χ4v) is 2.71. The van der Waals surface area contributed by atoms with Crippen LogP contribution in [0.25, 0.3) is 10.2 Å². The third kappa shape index (κ3) is 1.84. The molecule has 1 aliphatic carbocycles. The van der Waals surface area contributed by atoms with E-state index in [1.807, 2.05) is 18.2 Å². The molecule has 0 unspecified atom stereocenters. The van der Waals surface area contributed by atoms with Crippen molar-refractivity contribution < 1.29 is 5.11 Å². The van der Waals surface area contributed by atoms with E-state index in [2.05, 4.69) is 16.4 Å². The Morgan fingerprint density at radius 3 is 2.88 bits per heavy atom. The van der Waals surface area contributed by atoms with Gasteiger partial charge in [-0.25, -0.2) is 4.98 Å². The maximum atomic E-state index is 9.19. The van der Waals surface area contributed by atoms with E-state index < -0.39 is 0 Å². The molecule has 0 bridgehead atoms. The van der Waals surface area contributed by atoms with Gasteiger partial charge in [0.25, 0.3) is 0 Å². The number of nitrogens with zero attached hydrogens (tertiary/aromatic N) is 1. The minimum absolute atomic E-state index is 0.00213. The molecule has 0 spiro atoms. The van der Waals surface area contributed by atoms with Crippen molar-refractivity contribution in [2.24, 2.45) is 0 Å². The molecule has 0 aliphatic heterocycles. The van der Waals surface area contributed by atoms with E-state index in [-0.39, 0.29) is 12.1 Å². The zero-order chi connectivity index (χ0) is 11.0. The second kappa shape index (κ2) is 3.80. The monoisotopic (exact) mass is 234 g/mol. The first-order valence-electron chi connectivity index (χ1n) is 5.52. The Labute approximate surface area is 98.1 Å². The minimum atomic E-state index is -0.00213. The summed E-state index contributed by atoms with van der Waals surface area (Å²) in [7, 11) is 0. The zero-order valence-corrected chi connectivity index (χ0v) is 9.76. The lowest BCUT2D eigenvalue weighted by molar-refractivity contribution is 0.229. The van der Waals surface area contributed by atoms with Crippen molar-refractivity contribution in [1.82, 2.24) is 10.3 Å². The molecule has 2 N–H and O–H groups in total. The Hall–Kier alpha value is -0.970. The number of aromatic nitrogens is 1. The van der Waals surface area contributed by atoms with Crippen molar-refractivity contribution in [3.63, 3.8) is 0 Å². The summed E-state index contributed by atoms with van der Waals surface area (Å²) in [5.41, 5.74) is 1.07. The van der Waals surface area contributed by atoms with Gasteiger partial charge in [0.15, 0.2) is 0 Å². The van der Waals surface area contributed by atoms with Gasteiger partial charge in [-0.3, -0.25) is 0 Å². The molecule has 0 amide bonds. The predicted molar refractivity (Wildman–Crippen MR) is 65.5 cm³/mol. The number of nitrogens with one attached hydrogen (secondary N) is 1. The van der Waals surface area contributed by atoms with Gasteiger partial charge in [-0.05, 0) is 25.0 Å². The summed E-state index contributed by atoms with van der Waals surface area (Å²) in [5, 5.41) is 13.7. The Morgan fingerprint density at radius 1 is 1.38 bits per heavy atom. The molecular weight excluding hydrogens is 220 g/mol. The van der Waals surface area contributed by atoms with Crippen molar-refractivity contribution in [2.45, 2.75) is 24.9 Å². The molecule has 84 valence electrons. The van der Waals surface area contributed by atoms with Crippen molar-refractivity contribution >= 4 is 21.6 Å². The van der Waals surface area contributed by atoms with Crippen molar-refractivity contribution in [3.8, 4) is 0 Å². The van der Waals surface area contributed by atoms with Gasteiger partial charge in [0.1, 0.15) is 5.01 Å². The van der Waals surface area contributed by atoms with E-state index in [0.29, 0.717) is 0 Å². The number of thiazole rings is 1. The zero-order valence-electron chi connectivity index (χ0n) is 8.94. The molecule has 1 aromatic heterocycles. The van der Waals surface area contributed by atoms with Crippen LogP contribution < -0.4 is 5.32 Å². The lowest BCUT2D eigenvalue weighted by Crippen LogP contribution is -2.34. The highest BCUT2D eigenvalue weighted by Crippen LogP contribution is 2.35. The molecule has 0 saturated heterocycles.